The molecule has 0 saturated heterocycles. The van der Waals surface area contributed by atoms with Crippen molar-refractivity contribution >= 4 is 28.3 Å². The summed E-state index contributed by atoms with van der Waals surface area (Å²) >= 11 is 0.951. The van der Waals surface area contributed by atoms with Gasteiger partial charge in [-0.25, -0.2) is 0 Å². The Bertz CT molecular complexity index is 412. The normalized spacial score (nSPS) is 14.3. The molecule has 0 bridgehead atoms. The first-order chi connectivity index (χ1) is 7.93. The summed E-state index contributed by atoms with van der Waals surface area (Å²) < 4.78 is 0. The number of anilines is 2. The summed E-state index contributed by atoms with van der Waals surface area (Å²) in [5, 5.41) is 19.5. The number of para-hydroxylation sites is 1. The first-order valence-corrected chi connectivity index (χ1v) is 6.05. The molecule has 5 nitrogen and oxygen atoms in total. The molecule has 0 aliphatic rings. The molecular formula is C11H16N2O3S. The van der Waals surface area contributed by atoms with Crippen LogP contribution in [0.5, 0.6) is 0 Å². The predicted octanol–water partition coefficient (Wildman–Crippen LogP) is 0.525. The van der Waals surface area contributed by atoms with Crippen LogP contribution in [0.3, 0.4) is 0 Å². The van der Waals surface area contributed by atoms with Gasteiger partial charge in [-0.1, -0.05) is 23.9 Å². The molecule has 17 heavy (non-hydrogen) atoms. The van der Waals surface area contributed by atoms with E-state index in [4.69, 9.17) is 11.5 Å². The highest BCUT2D eigenvalue weighted by Gasteiger charge is 2.21. The molecule has 2 unspecified atom stereocenters. The van der Waals surface area contributed by atoms with Crippen LogP contribution in [0.4, 0.5) is 11.4 Å². The molecule has 2 atom stereocenters. The van der Waals surface area contributed by atoms with Crippen molar-refractivity contribution < 1.29 is 15.0 Å². The van der Waals surface area contributed by atoms with Crippen molar-refractivity contribution in [1.29, 1.82) is 0 Å². The molecule has 0 aromatic heterocycles. The van der Waals surface area contributed by atoms with E-state index in [0.717, 1.165) is 11.8 Å². The Labute approximate surface area is 104 Å². The van der Waals surface area contributed by atoms with Gasteiger partial charge in [0.15, 0.2) is 5.12 Å². The minimum absolute atomic E-state index is 0.114. The second kappa shape index (κ2) is 5.90. The summed E-state index contributed by atoms with van der Waals surface area (Å²) in [7, 11) is 0. The second-order valence-electron chi connectivity index (χ2n) is 3.66. The molecule has 0 fully saturated rings. The topological polar surface area (TPSA) is 110 Å². The molecule has 0 spiro atoms. The van der Waals surface area contributed by atoms with Crippen LogP contribution in [0.25, 0.3) is 0 Å². The summed E-state index contributed by atoms with van der Waals surface area (Å²) in [6, 6.07) is 4.86. The maximum atomic E-state index is 10.8. The molecule has 6 heteroatoms. The third-order valence-corrected chi connectivity index (χ3v) is 3.23. The van der Waals surface area contributed by atoms with E-state index in [-0.39, 0.29) is 16.6 Å². The molecule has 0 radical (unpaired) electrons. The Morgan fingerprint density at radius 2 is 2.06 bits per heavy atom. The number of aliphatic hydroxyl groups is 2. The van der Waals surface area contributed by atoms with Crippen molar-refractivity contribution in [2.45, 2.75) is 19.1 Å². The number of carbonyl (C=O) groups is 1. The quantitative estimate of drug-likeness (QED) is 0.585. The lowest BCUT2D eigenvalue weighted by molar-refractivity contribution is -0.109. The van der Waals surface area contributed by atoms with Crippen LogP contribution in [-0.2, 0) is 4.79 Å². The van der Waals surface area contributed by atoms with E-state index in [1.807, 2.05) is 0 Å². The number of aliphatic hydroxyl groups excluding tert-OH is 2. The molecule has 94 valence electrons. The van der Waals surface area contributed by atoms with Gasteiger partial charge in [0.25, 0.3) is 0 Å². The number of nitrogens with two attached hydrogens (primary N) is 2. The van der Waals surface area contributed by atoms with Crippen LogP contribution in [0.15, 0.2) is 18.2 Å². The first-order valence-electron chi connectivity index (χ1n) is 5.06. The van der Waals surface area contributed by atoms with Crippen LogP contribution in [0.1, 0.15) is 18.6 Å². The highest BCUT2D eigenvalue weighted by atomic mass is 32.2. The zero-order valence-corrected chi connectivity index (χ0v) is 10.3. The highest BCUT2D eigenvalue weighted by Crippen LogP contribution is 2.28. The van der Waals surface area contributed by atoms with Crippen LogP contribution >= 0.6 is 11.8 Å². The number of carbonyl (C=O) groups excluding carboxylic acids is 1. The third kappa shape index (κ3) is 3.62. The van der Waals surface area contributed by atoms with Gasteiger partial charge in [-0.05, 0) is 6.07 Å². The number of rotatable bonds is 4. The van der Waals surface area contributed by atoms with Crippen molar-refractivity contribution in [3.63, 3.8) is 0 Å². The molecule has 0 amide bonds. The molecule has 1 aromatic rings. The zero-order valence-electron chi connectivity index (χ0n) is 9.46. The third-order valence-electron chi connectivity index (χ3n) is 2.31. The maximum absolute atomic E-state index is 10.8. The summed E-state index contributed by atoms with van der Waals surface area (Å²) in [6.45, 7) is 1.40. The number of hydrogen-bond acceptors (Lipinski definition) is 6. The average Bonchev–Trinajstić information content (AvgIpc) is 2.28. The van der Waals surface area contributed by atoms with E-state index in [1.165, 1.54) is 6.92 Å². The van der Waals surface area contributed by atoms with Crippen molar-refractivity contribution in [2.75, 3.05) is 17.2 Å². The van der Waals surface area contributed by atoms with Crippen LogP contribution in [0, 0.1) is 0 Å². The fraction of sp³-hybridized carbons (Fsp3) is 0.364. The van der Waals surface area contributed by atoms with E-state index >= 15 is 0 Å². The summed E-state index contributed by atoms with van der Waals surface area (Å²) in [6.07, 6.45) is -2.21. The van der Waals surface area contributed by atoms with E-state index in [1.54, 1.807) is 18.2 Å². The predicted molar refractivity (Wildman–Crippen MR) is 69.4 cm³/mol. The largest absolute Gasteiger partial charge is 0.397 e. The van der Waals surface area contributed by atoms with Crippen molar-refractivity contribution in [2.24, 2.45) is 0 Å². The van der Waals surface area contributed by atoms with Gasteiger partial charge in [0, 0.05) is 18.2 Å². The lowest BCUT2D eigenvalue weighted by Gasteiger charge is -2.19. The Kier molecular flexibility index (Phi) is 4.80. The fourth-order valence-corrected chi connectivity index (χ4v) is 1.95. The van der Waals surface area contributed by atoms with Gasteiger partial charge in [-0.2, -0.15) is 0 Å². The van der Waals surface area contributed by atoms with Crippen molar-refractivity contribution in [1.82, 2.24) is 0 Å². The van der Waals surface area contributed by atoms with Crippen molar-refractivity contribution in [3.05, 3.63) is 23.8 Å². The molecule has 0 heterocycles. The van der Waals surface area contributed by atoms with Gasteiger partial charge >= 0.3 is 0 Å². The number of nitrogen functional groups attached to an aromatic ring is 2. The van der Waals surface area contributed by atoms with Crippen molar-refractivity contribution in [3.8, 4) is 0 Å². The number of benzene rings is 1. The first kappa shape index (κ1) is 13.8. The Balaban J connectivity index is 2.77. The van der Waals surface area contributed by atoms with Gasteiger partial charge in [0.05, 0.1) is 17.5 Å². The molecule has 1 rings (SSSR count). The second-order valence-corrected chi connectivity index (χ2v) is 4.86. The molecule has 0 aliphatic heterocycles. The van der Waals surface area contributed by atoms with E-state index in [2.05, 4.69) is 0 Å². The minimum atomic E-state index is -1.15. The van der Waals surface area contributed by atoms with Gasteiger partial charge in [0.1, 0.15) is 6.10 Å². The van der Waals surface area contributed by atoms with E-state index in [0.29, 0.717) is 11.3 Å². The fourth-order valence-electron chi connectivity index (χ4n) is 1.36. The van der Waals surface area contributed by atoms with E-state index in [9.17, 15) is 15.0 Å². The van der Waals surface area contributed by atoms with Crippen LogP contribution < -0.4 is 11.5 Å². The molecule has 0 aliphatic carbocycles. The number of hydrogen-bond donors (Lipinski definition) is 4. The Morgan fingerprint density at radius 1 is 1.41 bits per heavy atom. The Morgan fingerprint density at radius 3 is 2.65 bits per heavy atom. The highest BCUT2D eigenvalue weighted by molar-refractivity contribution is 8.13. The maximum Gasteiger partial charge on any atom is 0.185 e. The minimum Gasteiger partial charge on any atom is -0.397 e. The van der Waals surface area contributed by atoms with E-state index < -0.39 is 12.2 Å². The smallest absolute Gasteiger partial charge is 0.185 e. The molecule has 6 N–H and O–H groups in total. The average molecular weight is 256 g/mol. The Hall–Kier alpha value is -1.24. The lowest BCUT2D eigenvalue weighted by Crippen LogP contribution is -2.22. The molecular weight excluding hydrogens is 240 g/mol. The van der Waals surface area contributed by atoms with Gasteiger partial charge < -0.3 is 21.7 Å². The van der Waals surface area contributed by atoms with Gasteiger partial charge in [0.2, 0.25) is 0 Å². The molecule has 0 saturated carbocycles. The summed E-state index contributed by atoms with van der Waals surface area (Å²) in [5.74, 6) is 0.116. The molecule has 1 aromatic carbocycles. The number of thioether (sulfide) groups is 1. The lowest BCUT2D eigenvalue weighted by atomic mass is 10.0. The summed E-state index contributed by atoms with van der Waals surface area (Å²) in [4.78, 5) is 10.8. The van der Waals surface area contributed by atoms with Crippen LogP contribution in [-0.4, -0.2) is 27.2 Å². The van der Waals surface area contributed by atoms with Gasteiger partial charge in [-0.15, -0.1) is 0 Å². The monoisotopic (exact) mass is 256 g/mol. The standard InChI is InChI=1S/C11H16N2O3S/c1-6(14)17-5-9(15)11(16)7-3-2-4-8(12)10(7)13/h2-4,9,11,15-16H,5,12-13H2,1H3. The van der Waals surface area contributed by atoms with Gasteiger partial charge in [-0.3, -0.25) is 4.79 Å². The SMILES string of the molecule is CC(=O)SCC(O)C(O)c1cccc(N)c1N. The van der Waals surface area contributed by atoms with Crippen LogP contribution in [0.2, 0.25) is 0 Å². The zero-order chi connectivity index (χ0) is 13.0. The summed E-state index contributed by atoms with van der Waals surface area (Å²) in [5.41, 5.74) is 12.3.